The molecule has 4 rings (SSSR count). The molecule has 4 aromatic rings. The fourth-order valence-electron chi connectivity index (χ4n) is 4.07. The van der Waals surface area contributed by atoms with E-state index in [2.05, 4.69) is 20.3 Å². The molecule has 0 radical (unpaired) electrons. The van der Waals surface area contributed by atoms with Gasteiger partial charge in [-0.3, -0.25) is 9.59 Å². The Balaban J connectivity index is 1.45. The Hall–Kier alpha value is -3.80. The highest BCUT2D eigenvalue weighted by molar-refractivity contribution is 5.98. The minimum Gasteiger partial charge on any atom is -0.481 e. The maximum Gasteiger partial charge on any atom is 0.305 e. The van der Waals surface area contributed by atoms with Crippen LogP contribution in [0.4, 0.5) is 10.1 Å². The topological polar surface area (TPSA) is 177 Å². The van der Waals surface area contributed by atoms with Crippen LogP contribution in [-0.4, -0.2) is 55.0 Å². The number of rotatable bonds is 10. The SMILES string of the molecule is Nc1c(-c2nc3ccc(CNCCC(O)CC(O)CC(=O)O)cc3[nH]2)c(=O)[nH]c2cccc(F)c12. The number of aliphatic carboxylic acids is 1. The molecular formula is C24H26FN5O5. The van der Waals surface area contributed by atoms with E-state index in [4.69, 9.17) is 10.8 Å². The van der Waals surface area contributed by atoms with E-state index < -0.39 is 36.0 Å². The molecule has 0 spiro atoms. The molecule has 0 saturated heterocycles. The lowest BCUT2D eigenvalue weighted by Crippen LogP contribution is -2.25. The van der Waals surface area contributed by atoms with Crippen LogP contribution in [0.5, 0.6) is 0 Å². The lowest BCUT2D eigenvalue weighted by atomic mass is 10.1. The number of fused-ring (bicyclic) bond motifs is 2. The third-order valence-corrected chi connectivity index (χ3v) is 5.75. The molecule has 0 aliphatic heterocycles. The van der Waals surface area contributed by atoms with E-state index in [0.29, 0.717) is 36.1 Å². The molecule has 11 heteroatoms. The highest BCUT2D eigenvalue weighted by Crippen LogP contribution is 2.30. The lowest BCUT2D eigenvalue weighted by molar-refractivity contribution is -0.139. The van der Waals surface area contributed by atoms with Crippen LogP contribution in [0.2, 0.25) is 0 Å². The zero-order valence-electron chi connectivity index (χ0n) is 18.7. The van der Waals surface area contributed by atoms with Gasteiger partial charge in [0.05, 0.1) is 46.3 Å². The number of halogens is 1. The molecule has 184 valence electrons. The number of H-pyrrole nitrogens is 2. The number of nitrogen functional groups attached to an aromatic ring is 1. The van der Waals surface area contributed by atoms with Gasteiger partial charge in [-0.15, -0.1) is 0 Å². The van der Waals surface area contributed by atoms with Crippen molar-refractivity contribution in [2.24, 2.45) is 0 Å². The summed E-state index contributed by atoms with van der Waals surface area (Å²) in [6.45, 7) is 0.945. The number of nitrogens with zero attached hydrogens (tertiary/aromatic N) is 1. The smallest absolute Gasteiger partial charge is 0.305 e. The third kappa shape index (κ3) is 5.48. The Morgan fingerprint density at radius 3 is 2.71 bits per heavy atom. The number of benzene rings is 2. The molecule has 2 aromatic carbocycles. The molecule has 2 heterocycles. The van der Waals surface area contributed by atoms with Crippen LogP contribution in [0.25, 0.3) is 33.3 Å². The van der Waals surface area contributed by atoms with Crippen LogP contribution < -0.4 is 16.6 Å². The number of nitrogens with two attached hydrogens (primary N) is 1. The fraction of sp³-hybridized carbons (Fsp3) is 0.292. The number of pyridine rings is 1. The highest BCUT2D eigenvalue weighted by atomic mass is 19.1. The van der Waals surface area contributed by atoms with E-state index >= 15 is 0 Å². The second-order valence-corrected chi connectivity index (χ2v) is 8.45. The quantitative estimate of drug-likeness (QED) is 0.167. The monoisotopic (exact) mass is 483 g/mol. The van der Waals surface area contributed by atoms with Gasteiger partial charge in [0.2, 0.25) is 0 Å². The number of aromatic nitrogens is 3. The predicted octanol–water partition coefficient (Wildman–Crippen LogP) is 1.86. The highest BCUT2D eigenvalue weighted by Gasteiger charge is 2.18. The van der Waals surface area contributed by atoms with Gasteiger partial charge < -0.3 is 36.3 Å². The van der Waals surface area contributed by atoms with E-state index in [1.165, 1.54) is 12.1 Å². The first-order valence-electron chi connectivity index (χ1n) is 11.1. The van der Waals surface area contributed by atoms with Crippen molar-refractivity contribution < 1.29 is 24.5 Å². The second-order valence-electron chi connectivity index (χ2n) is 8.45. The number of nitrogens with one attached hydrogen (secondary N) is 3. The van der Waals surface area contributed by atoms with Crippen molar-refractivity contribution in [2.75, 3.05) is 12.3 Å². The molecule has 0 saturated carbocycles. The largest absolute Gasteiger partial charge is 0.481 e. The fourth-order valence-corrected chi connectivity index (χ4v) is 4.07. The molecule has 0 amide bonds. The minimum absolute atomic E-state index is 0.00219. The Morgan fingerprint density at radius 1 is 1.14 bits per heavy atom. The average molecular weight is 484 g/mol. The van der Waals surface area contributed by atoms with Gasteiger partial charge in [0.25, 0.3) is 5.56 Å². The summed E-state index contributed by atoms with van der Waals surface area (Å²) in [7, 11) is 0. The van der Waals surface area contributed by atoms with Crippen molar-refractivity contribution >= 4 is 33.6 Å². The number of aliphatic hydroxyl groups is 2. The number of hydrogen-bond donors (Lipinski definition) is 7. The predicted molar refractivity (Wildman–Crippen MR) is 129 cm³/mol. The van der Waals surface area contributed by atoms with Crippen LogP contribution in [0.15, 0.2) is 41.2 Å². The van der Waals surface area contributed by atoms with E-state index in [-0.39, 0.29) is 28.9 Å². The number of carboxylic acids is 1. The minimum atomic E-state index is -1.11. The molecule has 2 aromatic heterocycles. The number of hydrogen-bond acceptors (Lipinski definition) is 7. The number of carboxylic acid groups (broad SMARTS) is 1. The Labute approximate surface area is 198 Å². The van der Waals surface area contributed by atoms with Gasteiger partial charge in [-0.25, -0.2) is 9.37 Å². The summed E-state index contributed by atoms with van der Waals surface area (Å²) in [4.78, 5) is 33.4. The Morgan fingerprint density at radius 2 is 1.94 bits per heavy atom. The molecule has 8 N–H and O–H groups in total. The van der Waals surface area contributed by atoms with Gasteiger partial charge in [0.1, 0.15) is 17.2 Å². The molecule has 2 atom stereocenters. The van der Waals surface area contributed by atoms with Crippen molar-refractivity contribution in [3.05, 3.63) is 58.1 Å². The van der Waals surface area contributed by atoms with Crippen molar-refractivity contribution in [1.29, 1.82) is 0 Å². The van der Waals surface area contributed by atoms with E-state index in [1.54, 1.807) is 12.1 Å². The third-order valence-electron chi connectivity index (χ3n) is 5.75. The molecular weight excluding hydrogens is 457 g/mol. The summed E-state index contributed by atoms with van der Waals surface area (Å²) in [6, 6.07) is 9.85. The van der Waals surface area contributed by atoms with Crippen molar-refractivity contribution in [3.63, 3.8) is 0 Å². The summed E-state index contributed by atoms with van der Waals surface area (Å²) in [5, 5.41) is 31.5. The molecule has 10 nitrogen and oxygen atoms in total. The summed E-state index contributed by atoms with van der Waals surface area (Å²) in [6.07, 6.45) is -1.95. The summed E-state index contributed by atoms with van der Waals surface area (Å²) in [5.74, 6) is -1.42. The van der Waals surface area contributed by atoms with Gasteiger partial charge in [0, 0.05) is 6.54 Å². The van der Waals surface area contributed by atoms with Crippen molar-refractivity contribution in [3.8, 4) is 11.4 Å². The van der Waals surface area contributed by atoms with Crippen LogP contribution >= 0.6 is 0 Å². The standard InChI is InChI=1S/C24H26FN5O5/c25-15-2-1-3-17-20(15)22(26)21(24(35)30-17)23-28-16-5-4-12(8-18(16)29-23)11-27-7-6-13(31)9-14(32)10-19(33)34/h1-5,8,13-14,27,31-32H,6-7,9-11H2,(H,28,29)(H,33,34)(H3,26,30,35). The van der Waals surface area contributed by atoms with Crippen LogP contribution in [0, 0.1) is 5.82 Å². The van der Waals surface area contributed by atoms with E-state index in [1.807, 2.05) is 12.1 Å². The number of imidazole rings is 1. The summed E-state index contributed by atoms with van der Waals surface area (Å²) in [5.41, 5.74) is 8.27. The number of anilines is 1. The second kappa shape index (κ2) is 10.2. The zero-order chi connectivity index (χ0) is 25.1. The first kappa shape index (κ1) is 24.3. The molecule has 35 heavy (non-hydrogen) atoms. The van der Waals surface area contributed by atoms with E-state index in [9.17, 15) is 24.2 Å². The normalized spacial score (nSPS) is 13.3. The van der Waals surface area contributed by atoms with Crippen LogP contribution in [0.3, 0.4) is 0 Å². The van der Waals surface area contributed by atoms with Crippen molar-refractivity contribution in [2.45, 2.75) is 38.0 Å². The Kier molecular flexibility index (Phi) is 7.10. The molecule has 0 bridgehead atoms. The maximum atomic E-state index is 14.4. The summed E-state index contributed by atoms with van der Waals surface area (Å²) < 4.78 is 14.4. The first-order chi connectivity index (χ1) is 16.7. The van der Waals surface area contributed by atoms with Gasteiger partial charge >= 0.3 is 5.97 Å². The molecule has 2 unspecified atom stereocenters. The van der Waals surface area contributed by atoms with Crippen LogP contribution in [0.1, 0.15) is 24.8 Å². The number of carbonyl (C=O) groups is 1. The van der Waals surface area contributed by atoms with E-state index in [0.717, 1.165) is 5.56 Å². The zero-order valence-corrected chi connectivity index (χ0v) is 18.7. The maximum absolute atomic E-state index is 14.4. The van der Waals surface area contributed by atoms with Gasteiger partial charge in [-0.2, -0.15) is 0 Å². The van der Waals surface area contributed by atoms with Crippen LogP contribution in [-0.2, 0) is 11.3 Å². The van der Waals surface area contributed by atoms with Crippen molar-refractivity contribution in [1.82, 2.24) is 20.3 Å². The number of aliphatic hydroxyl groups excluding tert-OH is 2. The molecule has 0 aliphatic rings. The Bertz CT molecular complexity index is 1430. The molecule has 0 fully saturated rings. The lowest BCUT2D eigenvalue weighted by Gasteiger charge is -2.14. The van der Waals surface area contributed by atoms with Gasteiger partial charge in [-0.1, -0.05) is 12.1 Å². The average Bonchev–Trinajstić information content (AvgIpc) is 3.18. The van der Waals surface area contributed by atoms with Gasteiger partial charge in [-0.05, 0) is 49.2 Å². The summed E-state index contributed by atoms with van der Waals surface area (Å²) >= 11 is 0. The molecule has 0 aliphatic carbocycles. The van der Waals surface area contributed by atoms with Gasteiger partial charge in [0.15, 0.2) is 0 Å². The number of aromatic amines is 2. The first-order valence-corrected chi connectivity index (χ1v) is 11.1.